The van der Waals surface area contributed by atoms with E-state index in [2.05, 4.69) is 178 Å². The second-order valence-corrected chi connectivity index (χ2v) is 13.9. The van der Waals surface area contributed by atoms with Crippen LogP contribution in [0.5, 0.6) is 0 Å². The van der Waals surface area contributed by atoms with Crippen LogP contribution in [0, 0.1) is 0 Å². The molecule has 0 bridgehead atoms. The first-order valence-electron chi connectivity index (χ1n) is 17.1. The summed E-state index contributed by atoms with van der Waals surface area (Å²) in [5, 5.41) is 8.57. The lowest BCUT2D eigenvalue weighted by atomic mass is 9.80. The van der Waals surface area contributed by atoms with Crippen LogP contribution in [0.2, 0.25) is 0 Å². The van der Waals surface area contributed by atoms with Gasteiger partial charge in [-0.1, -0.05) is 159 Å². The number of para-hydroxylation sites is 1. The fourth-order valence-electron chi connectivity index (χ4n) is 8.64. The summed E-state index contributed by atoms with van der Waals surface area (Å²) >= 11 is 0. The van der Waals surface area contributed by atoms with Gasteiger partial charge >= 0.3 is 0 Å². The minimum atomic E-state index is -0.0702. The Morgan fingerprint density at radius 2 is 1.00 bits per heavy atom. The van der Waals surface area contributed by atoms with Crippen LogP contribution in [-0.4, -0.2) is 4.98 Å². The molecule has 0 radical (unpaired) electrons. The van der Waals surface area contributed by atoms with Crippen molar-refractivity contribution in [3.8, 4) is 44.5 Å². The monoisotopic (exact) mass is 623 g/mol. The van der Waals surface area contributed by atoms with Gasteiger partial charge in [-0.3, -0.25) is 4.98 Å². The van der Waals surface area contributed by atoms with E-state index in [1.54, 1.807) is 0 Å². The molecule has 0 amide bonds. The van der Waals surface area contributed by atoms with Gasteiger partial charge in [-0.15, -0.1) is 0 Å². The molecular formula is C48H33N. The summed E-state index contributed by atoms with van der Waals surface area (Å²) in [6.07, 6.45) is 2.12. The Morgan fingerprint density at radius 3 is 1.84 bits per heavy atom. The second-order valence-electron chi connectivity index (χ2n) is 13.9. The minimum Gasteiger partial charge on any atom is -0.256 e. The van der Waals surface area contributed by atoms with Crippen LogP contribution >= 0.6 is 0 Å². The highest BCUT2D eigenvalue weighted by molar-refractivity contribution is 6.29. The standard InChI is InChI=1S/C48H33N/c1-48(2)42-24-11-9-18-34(42)35-27-26-31(28-43(35)48)33-17-5-6-19-36(33)45-38-20-7-8-21-39(38)46(37-23-13-15-30-14-3-4-16-32(30)37)47-40-22-10-12-25-44(40)49-29-41(45)47/h3-29H,1-2H3. The molecule has 9 aromatic rings. The van der Waals surface area contributed by atoms with Crippen molar-refractivity contribution >= 4 is 43.2 Å². The quantitative estimate of drug-likeness (QED) is 0.141. The molecule has 0 atom stereocenters. The van der Waals surface area contributed by atoms with Crippen molar-refractivity contribution in [2.45, 2.75) is 19.3 Å². The number of rotatable bonds is 3. The molecule has 1 aliphatic rings. The molecule has 0 aliphatic heterocycles. The van der Waals surface area contributed by atoms with Crippen molar-refractivity contribution in [1.29, 1.82) is 0 Å². The molecule has 0 N–H and O–H groups in total. The third-order valence-electron chi connectivity index (χ3n) is 10.9. The summed E-state index contributed by atoms with van der Waals surface area (Å²) in [6, 6.07) is 57.9. The number of hydrogen-bond donors (Lipinski definition) is 0. The van der Waals surface area contributed by atoms with E-state index in [9.17, 15) is 0 Å². The highest BCUT2D eigenvalue weighted by Crippen LogP contribution is 2.52. The molecule has 1 aromatic heterocycles. The Hall–Kier alpha value is -6.05. The first-order valence-corrected chi connectivity index (χ1v) is 17.1. The van der Waals surface area contributed by atoms with Crippen LogP contribution in [0.4, 0.5) is 0 Å². The minimum absolute atomic E-state index is 0.0702. The molecule has 49 heavy (non-hydrogen) atoms. The fourth-order valence-corrected chi connectivity index (χ4v) is 8.64. The van der Waals surface area contributed by atoms with Gasteiger partial charge in [-0.2, -0.15) is 0 Å². The van der Waals surface area contributed by atoms with Gasteiger partial charge in [0.15, 0.2) is 0 Å². The summed E-state index contributed by atoms with van der Waals surface area (Å²) in [7, 11) is 0. The molecule has 10 rings (SSSR count). The van der Waals surface area contributed by atoms with Crippen molar-refractivity contribution in [1.82, 2.24) is 4.98 Å². The lowest BCUT2D eigenvalue weighted by molar-refractivity contribution is 0.660. The summed E-state index contributed by atoms with van der Waals surface area (Å²) in [6.45, 7) is 4.72. The van der Waals surface area contributed by atoms with Gasteiger partial charge in [0.2, 0.25) is 0 Å². The maximum absolute atomic E-state index is 5.09. The summed E-state index contributed by atoms with van der Waals surface area (Å²) in [5.74, 6) is 0. The summed E-state index contributed by atoms with van der Waals surface area (Å²) in [5.41, 5.74) is 13.8. The normalized spacial score (nSPS) is 13.3. The zero-order valence-electron chi connectivity index (χ0n) is 27.5. The van der Waals surface area contributed by atoms with Gasteiger partial charge in [0.25, 0.3) is 0 Å². The van der Waals surface area contributed by atoms with Crippen molar-refractivity contribution in [2.24, 2.45) is 0 Å². The van der Waals surface area contributed by atoms with Gasteiger partial charge in [0.1, 0.15) is 0 Å². The molecule has 0 saturated heterocycles. The van der Waals surface area contributed by atoms with E-state index in [1.165, 1.54) is 93.3 Å². The zero-order chi connectivity index (χ0) is 32.7. The Morgan fingerprint density at radius 1 is 0.408 bits per heavy atom. The largest absolute Gasteiger partial charge is 0.256 e. The van der Waals surface area contributed by atoms with Crippen molar-refractivity contribution in [3.05, 3.63) is 175 Å². The van der Waals surface area contributed by atoms with E-state index >= 15 is 0 Å². The molecule has 0 saturated carbocycles. The fraction of sp³-hybridized carbons (Fsp3) is 0.0625. The third kappa shape index (κ3) is 4.03. The number of nitrogens with zero attached hydrogens (tertiary/aromatic N) is 1. The Labute approximate surface area is 286 Å². The lowest BCUT2D eigenvalue weighted by Gasteiger charge is -2.23. The van der Waals surface area contributed by atoms with Crippen LogP contribution in [0.25, 0.3) is 87.7 Å². The maximum Gasteiger partial charge on any atom is 0.0708 e. The van der Waals surface area contributed by atoms with Crippen molar-refractivity contribution in [3.63, 3.8) is 0 Å². The van der Waals surface area contributed by atoms with Gasteiger partial charge in [-0.25, -0.2) is 0 Å². The molecule has 1 aliphatic carbocycles. The Bertz CT molecular complexity index is 2800. The summed E-state index contributed by atoms with van der Waals surface area (Å²) < 4.78 is 0. The van der Waals surface area contributed by atoms with Gasteiger partial charge in [0, 0.05) is 27.8 Å². The highest BCUT2D eigenvalue weighted by Gasteiger charge is 2.35. The van der Waals surface area contributed by atoms with Crippen LogP contribution in [-0.2, 0) is 5.41 Å². The van der Waals surface area contributed by atoms with E-state index < -0.39 is 0 Å². The Kier molecular flexibility index (Phi) is 5.99. The average Bonchev–Trinajstić information content (AvgIpc) is 3.39. The predicted molar refractivity (Wildman–Crippen MR) is 208 cm³/mol. The molecule has 230 valence electrons. The molecule has 1 nitrogen and oxygen atoms in total. The topological polar surface area (TPSA) is 12.9 Å². The Balaban J connectivity index is 1.32. The second kappa shape index (κ2) is 10.5. The average molecular weight is 624 g/mol. The molecule has 1 heteroatoms. The van der Waals surface area contributed by atoms with E-state index in [4.69, 9.17) is 4.98 Å². The third-order valence-corrected chi connectivity index (χ3v) is 10.9. The molecule has 0 unspecified atom stereocenters. The molecule has 8 aromatic carbocycles. The van der Waals surface area contributed by atoms with Gasteiger partial charge < -0.3 is 0 Å². The van der Waals surface area contributed by atoms with Gasteiger partial charge in [0.05, 0.1) is 5.52 Å². The number of benzene rings is 8. The van der Waals surface area contributed by atoms with E-state index in [0.717, 1.165) is 5.52 Å². The van der Waals surface area contributed by atoms with E-state index in [-0.39, 0.29) is 5.41 Å². The number of hydrogen-bond acceptors (Lipinski definition) is 1. The van der Waals surface area contributed by atoms with Gasteiger partial charge in [-0.05, 0) is 89.3 Å². The molecule has 0 spiro atoms. The first-order chi connectivity index (χ1) is 24.1. The van der Waals surface area contributed by atoms with Crippen molar-refractivity contribution < 1.29 is 0 Å². The smallest absolute Gasteiger partial charge is 0.0708 e. The van der Waals surface area contributed by atoms with Crippen LogP contribution in [0.1, 0.15) is 25.0 Å². The number of fused-ring (bicyclic) bond motifs is 8. The maximum atomic E-state index is 5.09. The van der Waals surface area contributed by atoms with Crippen LogP contribution in [0.15, 0.2) is 164 Å². The van der Waals surface area contributed by atoms with Crippen LogP contribution < -0.4 is 0 Å². The van der Waals surface area contributed by atoms with E-state index in [0.29, 0.717) is 0 Å². The zero-order valence-corrected chi connectivity index (χ0v) is 27.5. The predicted octanol–water partition coefficient (Wildman–Crippen LogP) is 13.0. The van der Waals surface area contributed by atoms with E-state index in [1.807, 2.05) is 0 Å². The molecular weight excluding hydrogens is 591 g/mol. The number of aromatic nitrogens is 1. The SMILES string of the molecule is CC1(C)c2ccccc2-c2ccc(-c3ccccc3-c3c4ccccc4c(-c4cccc5ccccc45)c4c3cnc3ccccc34)cc21. The van der Waals surface area contributed by atoms with Crippen molar-refractivity contribution in [2.75, 3.05) is 0 Å². The molecule has 1 heterocycles. The number of pyridine rings is 1. The lowest BCUT2D eigenvalue weighted by Crippen LogP contribution is -2.14. The van der Waals surface area contributed by atoms with Crippen LogP contribution in [0.3, 0.4) is 0 Å². The highest BCUT2D eigenvalue weighted by atomic mass is 14.7. The molecule has 0 fully saturated rings. The first kappa shape index (κ1) is 28.0. The summed E-state index contributed by atoms with van der Waals surface area (Å²) in [4.78, 5) is 5.09.